The Morgan fingerprint density at radius 3 is 2.29 bits per heavy atom. The summed E-state index contributed by atoms with van der Waals surface area (Å²) in [6, 6.07) is 5.46. The van der Waals surface area contributed by atoms with Gasteiger partial charge in [0, 0.05) is 6.08 Å². The van der Waals surface area contributed by atoms with Crippen LogP contribution >= 0.6 is 0 Å². The van der Waals surface area contributed by atoms with Gasteiger partial charge in [-0.1, -0.05) is 26.8 Å². The molecule has 0 atom stereocenters. The molecule has 0 saturated heterocycles. The minimum absolute atomic E-state index is 0.0690. The van der Waals surface area contributed by atoms with Gasteiger partial charge in [-0.05, 0) is 43.0 Å². The quantitative estimate of drug-likeness (QED) is 0.665. The van der Waals surface area contributed by atoms with Gasteiger partial charge in [-0.2, -0.15) is 0 Å². The molecule has 1 rings (SSSR count). The molecule has 0 aliphatic heterocycles. The third kappa shape index (κ3) is 5.06. The lowest BCUT2D eigenvalue weighted by molar-refractivity contribution is -0.131. The first kappa shape index (κ1) is 17.0. The van der Waals surface area contributed by atoms with E-state index in [1.165, 1.54) is 0 Å². The molecule has 21 heavy (non-hydrogen) atoms. The lowest BCUT2D eigenvalue weighted by Crippen LogP contribution is -2.14. The van der Waals surface area contributed by atoms with E-state index >= 15 is 0 Å². The van der Waals surface area contributed by atoms with Crippen LogP contribution in [0, 0.1) is 0 Å². The summed E-state index contributed by atoms with van der Waals surface area (Å²) >= 11 is 0. The molecule has 0 spiro atoms. The van der Waals surface area contributed by atoms with E-state index in [1.807, 2.05) is 40.7 Å². The Morgan fingerprint density at radius 2 is 1.81 bits per heavy atom. The Labute approximate surface area is 125 Å². The normalized spacial score (nSPS) is 11.9. The van der Waals surface area contributed by atoms with Gasteiger partial charge in [-0.15, -0.1) is 0 Å². The van der Waals surface area contributed by atoms with Gasteiger partial charge in [0.15, 0.2) is 5.78 Å². The maximum absolute atomic E-state index is 12.2. The van der Waals surface area contributed by atoms with Crippen LogP contribution in [0.15, 0.2) is 30.4 Å². The number of rotatable bonds is 5. The van der Waals surface area contributed by atoms with Crippen LogP contribution in [0.1, 0.15) is 50.5 Å². The summed E-state index contributed by atoms with van der Waals surface area (Å²) in [6.07, 6.45) is 1.82. The highest BCUT2D eigenvalue weighted by Crippen LogP contribution is 2.29. The molecule has 0 aliphatic rings. The van der Waals surface area contributed by atoms with Gasteiger partial charge in [-0.25, -0.2) is 4.79 Å². The van der Waals surface area contributed by atoms with Crippen LogP contribution in [0.4, 0.5) is 0 Å². The number of hydrogen-bond donors (Lipinski definition) is 1. The van der Waals surface area contributed by atoms with Crippen LogP contribution in [0.2, 0.25) is 0 Å². The second-order valence-electron chi connectivity index (χ2n) is 6.16. The zero-order valence-electron chi connectivity index (χ0n) is 13.1. The highest BCUT2D eigenvalue weighted by atomic mass is 16.5. The lowest BCUT2D eigenvalue weighted by atomic mass is 9.85. The van der Waals surface area contributed by atoms with E-state index in [4.69, 9.17) is 9.84 Å². The number of ether oxygens (including phenoxy) is 1. The summed E-state index contributed by atoms with van der Waals surface area (Å²) in [6.45, 7) is 9.89. The summed E-state index contributed by atoms with van der Waals surface area (Å²) in [5.74, 6) is -1.06. The molecule has 1 aromatic carbocycles. The molecular formula is C17H22O4. The number of aliphatic carboxylic acids is 1. The number of ketones is 1. The molecule has 0 heterocycles. The van der Waals surface area contributed by atoms with Crippen molar-refractivity contribution in [2.24, 2.45) is 0 Å². The van der Waals surface area contributed by atoms with E-state index in [-0.39, 0.29) is 17.3 Å². The van der Waals surface area contributed by atoms with Crippen LogP contribution in [-0.2, 0) is 10.2 Å². The van der Waals surface area contributed by atoms with E-state index in [0.717, 1.165) is 17.7 Å². The van der Waals surface area contributed by atoms with Crippen LogP contribution in [0.25, 0.3) is 0 Å². The number of hydrogen-bond acceptors (Lipinski definition) is 3. The number of carboxylic acids is 1. The van der Waals surface area contributed by atoms with Crippen molar-refractivity contribution in [1.82, 2.24) is 0 Å². The molecule has 114 valence electrons. The van der Waals surface area contributed by atoms with Gasteiger partial charge >= 0.3 is 5.97 Å². The van der Waals surface area contributed by atoms with Crippen molar-refractivity contribution in [2.75, 3.05) is 0 Å². The minimum atomic E-state index is -1.15. The van der Waals surface area contributed by atoms with Crippen molar-refractivity contribution in [3.63, 3.8) is 0 Å². The Balaban J connectivity index is 3.28. The third-order valence-electron chi connectivity index (χ3n) is 2.85. The summed E-state index contributed by atoms with van der Waals surface area (Å²) in [5.41, 5.74) is 1.27. The van der Waals surface area contributed by atoms with Crippen molar-refractivity contribution in [3.8, 4) is 5.75 Å². The fourth-order valence-electron chi connectivity index (χ4n) is 1.78. The third-order valence-corrected chi connectivity index (χ3v) is 2.85. The maximum Gasteiger partial charge on any atom is 0.328 e. The molecule has 0 aliphatic carbocycles. The average molecular weight is 290 g/mol. The van der Waals surface area contributed by atoms with Crippen molar-refractivity contribution < 1.29 is 19.4 Å². The van der Waals surface area contributed by atoms with E-state index in [1.54, 1.807) is 12.1 Å². The molecular weight excluding hydrogens is 268 g/mol. The zero-order chi connectivity index (χ0) is 16.2. The highest BCUT2D eigenvalue weighted by molar-refractivity contribution is 6.08. The second-order valence-corrected chi connectivity index (χ2v) is 6.16. The van der Waals surface area contributed by atoms with Gasteiger partial charge in [0.25, 0.3) is 0 Å². The summed E-state index contributed by atoms with van der Waals surface area (Å²) in [7, 11) is 0. The second kappa shape index (κ2) is 6.57. The Morgan fingerprint density at radius 1 is 1.19 bits per heavy atom. The summed E-state index contributed by atoms with van der Waals surface area (Å²) in [4.78, 5) is 22.8. The molecule has 0 saturated carbocycles. The Hall–Kier alpha value is -2.10. The van der Waals surface area contributed by atoms with Crippen molar-refractivity contribution in [3.05, 3.63) is 41.5 Å². The van der Waals surface area contributed by atoms with E-state index in [0.29, 0.717) is 11.3 Å². The molecule has 0 bridgehead atoms. The minimum Gasteiger partial charge on any atom is -0.490 e. The van der Waals surface area contributed by atoms with Crippen LogP contribution < -0.4 is 4.74 Å². The predicted molar refractivity (Wildman–Crippen MR) is 82.0 cm³/mol. The first-order chi connectivity index (χ1) is 9.61. The Kier molecular flexibility index (Phi) is 5.30. The van der Waals surface area contributed by atoms with Crippen molar-refractivity contribution in [1.29, 1.82) is 0 Å². The summed E-state index contributed by atoms with van der Waals surface area (Å²) in [5, 5.41) is 8.64. The molecule has 0 amide bonds. The summed E-state index contributed by atoms with van der Waals surface area (Å²) < 4.78 is 5.64. The average Bonchev–Trinajstić information content (AvgIpc) is 2.34. The Bertz CT molecular complexity index is 563. The standard InChI is InChI=1S/C17H22O4/c1-11(2)21-15-8-6-12(17(3,4)5)10-13(15)14(18)7-9-16(19)20/h6-11H,1-5H3,(H,19,20)/b9-7+. The van der Waals surface area contributed by atoms with Gasteiger partial charge in [0.05, 0.1) is 11.7 Å². The maximum atomic E-state index is 12.2. The van der Waals surface area contributed by atoms with Crippen molar-refractivity contribution >= 4 is 11.8 Å². The van der Waals surface area contributed by atoms with Gasteiger partial charge in [-0.3, -0.25) is 4.79 Å². The van der Waals surface area contributed by atoms with Gasteiger partial charge in [0.2, 0.25) is 0 Å². The van der Waals surface area contributed by atoms with Gasteiger partial charge < -0.3 is 9.84 Å². The van der Waals surface area contributed by atoms with Gasteiger partial charge in [0.1, 0.15) is 5.75 Å². The molecule has 4 heteroatoms. The van der Waals surface area contributed by atoms with Crippen LogP contribution in [-0.4, -0.2) is 23.0 Å². The van der Waals surface area contributed by atoms with E-state index in [2.05, 4.69) is 0 Å². The van der Waals surface area contributed by atoms with Crippen LogP contribution in [0.5, 0.6) is 5.75 Å². The fourth-order valence-corrected chi connectivity index (χ4v) is 1.78. The highest BCUT2D eigenvalue weighted by Gasteiger charge is 2.19. The first-order valence-electron chi connectivity index (χ1n) is 6.88. The number of carbonyl (C=O) groups excluding carboxylic acids is 1. The lowest BCUT2D eigenvalue weighted by Gasteiger charge is -2.21. The SMILES string of the molecule is CC(C)Oc1ccc(C(C)(C)C)cc1C(=O)/C=C/C(=O)O. The fraction of sp³-hybridized carbons (Fsp3) is 0.412. The smallest absolute Gasteiger partial charge is 0.328 e. The molecule has 0 unspecified atom stereocenters. The van der Waals surface area contributed by atoms with E-state index in [9.17, 15) is 9.59 Å². The first-order valence-corrected chi connectivity index (χ1v) is 6.88. The van der Waals surface area contributed by atoms with E-state index < -0.39 is 5.97 Å². The number of carbonyl (C=O) groups is 2. The number of allylic oxidation sites excluding steroid dienone is 1. The zero-order valence-corrected chi connectivity index (χ0v) is 13.1. The molecule has 1 N–H and O–H groups in total. The number of carboxylic acid groups (broad SMARTS) is 1. The van der Waals surface area contributed by atoms with Crippen molar-refractivity contribution in [2.45, 2.75) is 46.1 Å². The predicted octanol–water partition coefficient (Wildman–Crippen LogP) is 3.59. The molecule has 1 aromatic rings. The topological polar surface area (TPSA) is 63.6 Å². The molecule has 0 radical (unpaired) electrons. The number of benzene rings is 1. The monoisotopic (exact) mass is 290 g/mol. The molecule has 0 aromatic heterocycles. The van der Waals surface area contributed by atoms with Crippen LogP contribution in [0.3, 0.4) is 0 Å². The largest absolute Gasteiger partial charge is 0.490 e. The molecule has 0 fully saturated rings. The molecule has 4 nitrogen and oxygen atoms in total.